The van der Waals surface area contributed by atoms with E-state index >= 15 is 0 Å². The van der Waals surface area contributed by atoms with E-state index in [1.165, 1.54) is 5.56 Å². The van der Waals surface area contributed by atoms with Gasteiger partial charge in [-0.1, -0.05) is 43.3 Å². The molecule has 1 aliphatic rings. The van der Waals surface area contributed by atoms with Gasteiger partial charge in [0.05, 0.1) is 6.54 Å². The van der Waals surface area contributed by atoms with Crippen molar-refractivity contribution in [1.82, 2.24) is 25.3 Å². The molecular weight excluding hydrogens is 370 g/mol. The fraction of sp³-hybridized carbons (Fsp3) is 0.524. The van der Waals surface area contributed by atoms with Crippen LogP contribution in [-0.2, 0) is 16.0 Å². The standard InChI is InChI=1S/C21H29N5O3/c1-15(2)16-4-6-17(7-5-16)21-23-19(29-24-21)8-9-20(28)26-12-10-25(11-13-26)14-18(27)22-3/h4-7,15H,8-14H2,1-3H3,(H,22,27). The van der Waals surface area contributed by atoms with Crippen LogP contribution in [0.1, 0.15) is 37.6 Å². The lowest BCUT2D eigenvalue weighted by atomic mass is 10.0. The summed E-state index contributed by atoms with van der Waals surface area (Å²) in [5, 5.41) is 6.66. The van der Waals surface area contributed by atoms with Crippen LogP contribution in [-0.4, -0.2) is 71.5 Å². The summed E-state index contributed by atoms with van der Waals surface area (Å²) in [5.41, 5.74) is 2.17. The van der Waals surface area contributed by atoms with Crippen LogP contribution in [0.4, 0.5) is 0 Å². The molecule has 1 aromatic heterocycles. The summed E-state index contributed by atoms with van der Waals surface area (Å²) < 4.78 is 5.32. The van der Waals surface area contributed by atoms with Crippen molar-refractivity contribution in [3.63, 3.8) is 0 Å². The van der Waals surface area contributed by atoms with Crippen LogP contribution in [0.2, 0.25) is 0 Å². The number of aryl methyl sites for hydroxylation is 1. The van der Waals surface area contributed by atoms with Gasteiger partial charge in [0.2, 0.25) is 23.5 Å². The van der Waals surface area contributed by atoms with Crippen molar-refractivity contribution in [2.45, 2.75) is 32.6 Å². The van der Waals surface area contributed by atoms with Crippen molar-refractivity contribution in [2.75, 3.05) is 39.8 Å². The van der Waals surface area contributed by atoms with E-state index in [1.54, 1.807) is 7.05 Å². The molecule has 1 aromatic carbocycles. The molecule has 1 N–H and O–H groups in total. The van der Waals surface area contributed by atoms with Crippen molar-refractivity contribution in [2.24, 2.45) is 0 Å². The Labute approximate surface area is 171 Å². The van der Waals surface area contributed by atoms with E-state index in [0.717, 1.165) is 5.56 Å². The van der Waals surface area contributed by atoms with E-state index in [2.05, 4.69) is 46.3 Å². The number of hydrogen-bond acceptors (Lipinski definition) is 6. The van der Waals surface area contributed by atoms with E-state index in [1.807, 2.05) is 17.0 Å². The highest BCUT2D eigenvalue weighted by Crippen LogP contribution is 2.21. The molecule has 2 amide bonds. The van der Waals surface area contributed by atoms with Crippen molar-refractivity contribution in [3.05, 3.63) is 35.7 Å². The van der Waals surface area contributed by atoms with Crippen molar-refractivity contribution in [1.29, 1.82) is 0 Å². The van der Waals surface area contributed by atoms with E-state index in [9.17, 15) is 9.59 Å². The fourth-order valence-electron chi connectivity index (χ4n) is 3.30. The third-order valence-electron chi connectivity index (χ3n) is 5.23. The minimum Gasteiger partial charge on any atom is -0.358 e. The molecule has 0 aliphatic carbocycles. The Hall–Kier alpha value is -2.74. The minimum absolute atomic E-state index is 0.00387. The lowest BCUT2D eigenvalue weighted by molar-refractivity contribution is -0.133. The van der Waals surface area contributed by atoms with Crippen LogP contribution in [0.25, 0.3) is 11.4 Å². The first kappa shape index (κ1) is 21.0. The van der Waals surface area contributed by atoms with Crippen LogP contribution in [0.5, 0.6) is 0 Å². The highest BCUT2D eigenvalue weighted by atomic mass is 16.5. The Morgan fingerprint density at radius 3 is 2.45 bits per heavy atom. The first-order valence-corrected chi connectivity index (χ1v) is 10.1. The van der Waals surface area contributed by atoms with Crippen LogP contribution in [0.3, 0.4) is 0 Å². The second-order valence-electron chi connectivity index (χ2n) is 7.62. The number of carbonyl (C=O) groups is 2. The summed E-state index contributed by atoms with van der Waals surface area (Å²) in [6.45, 7) is 7.36. The van der Waals surface area contributed by atoms with Gasteiger partial charge < -0.3 is 14.7 Å². The monoisotopic (exact) mass is 399 g/mol. The Kier molecular flexibility index (Phi) is 6.98. The zero-order valence-electron chi connectivity index (χ0n) is 17.4. The smallest absolute Gasteiger partial charge is 0.233 e. The van der Waals surface area contributed by atoms with Gasteiger partial charge in [0.15, 0.2) is 0 Å². The van der Waals surface area contributed by atoms with Gasteiger partial charge in [-0.3, -0.25) is 14.5 Å². The molecule has 0 spiro atoms. The van der Waals surface area contributed by atoms with Crippen LogP contribution in [0, 0.1) is 0 Å². The topological polar surface area (TPSA) is 91.6 Å². The molecule has 29 heavy (non-hydrogen) atoms. The summed E-state index contributed by atoms with van der Waals surface area (Å²) >= 11 is 0. The number of likely N-dealkylation sites (N-methyl/N-ethyl adjacent to an activating group) is 1. The molecule has 1 fully saturated rings. The zero-order valence-corrected chi connectivity index (χ0v) is 17.4. The maximum Gasteiger partial charge on any atom is 0.233 e. The predicted molar refractivity (Wildman–Crippen MR) is 109 cm³/mol. The number of nitrogens with zero attached hydrogens (tertiary/aromatic N) is 4. The highest BCUT2D eigenvalue weighted by molar-refractivity contribution is 5.78. The molecule has 8 heteroatoms. The third kappa shape index (κ3) is 5.63. The van der Waals surface area contributed by atoms with Crippen molar-refractivity contribution >= 4 is 11.8 Å². The first-order chi connectivity index (χ1) is 14.0. The summed E-state index contributed by atoms with van der Waals surface area (Å²) in [4.78, 5) is 32.2. The van der Waals surface area contributed by atoms with Gasteiger partial charge in [-0.05, 0) is 11.5 Å². The quantitative estimate of drug-likeness (QED) is 0.762. The van der Waals surface area contributed by atoms with Gasteiger partial charge in [-0.2, -0.15) is 4.98 Å². The SMILES string of the molecule is CNC(=O)CN1CCN(C(=O)CCc2nc(-c3ccc(C(C)C)cc3)no2)CC1. The van der Waals surface area contributed by atoms with E-state index in [4.69, 9.17) is 4.52 Å². The number of amides is 2. The highest BCUT2D eigenvalue weighted by Gasteiger charge is 2.22. The largest absolute Gasteiger partial charge is 0.358 e. The summed E-state index contributed by atoms with van der Waals surface area (Å²) in [6, 6.07) is 8.13. The number of nitrogens with one attached hydrogen (secondary N) is 1. The van der Waals surface area contributed by atoms with Crippen LogP contribution >= 0.6 is 0 Å². The van der Waals surface area contributed by atoms with Crippen LogP contribution in [0.15, 0.2) is 28.8 Å². The molecule has 0 unspecified atom stereocenters. The van der Waals surface area contributed by atoms with Gasteiger partial charge in [-0.25, -0.2) is 0 Å². The minimum atomic E-state index is -0.00387. The van der Waals surface area contributed by atoms with Crippen LogP contribution < -0.4 is 5.32 Å². The van der Waals surface area contributed by atoms with Gasteiger partial charge in [0.1, 0.15) is 0 Å². The average molecular weight is 399 g/mol. The second-order valence-corrected chi connectivity index (χ2v) is 7.62. The average Bonchev–Trinajstić information content (AvgIpc) is 3.21. The summed E-state index contributed by atoms with van der Waals surface area (Å²) in [5.74, 6) is 1.56. The van der Waals surface area contributed by atoms with E-state index in [0.29, 0.717) is 63.2 Å². The number of hydrogen-bond donors (Lipinski definition) is 1. The Balaban J connectivity index is 1.47. The molecule has 1 saturated heterocycles. The number of rotatable bonds is 7. The lowest BCUT2D eigenvalue weighted by Crippen LogP contribution is -2.50. The molecule has 3 rings (SSSR count). The summed E-state index contributed by atoms with van der Waals surface area (Å²) in [7, 11) is 1.63. The normalized spacial score (nSPS) is 15.0. The van der Waals surface area contributed by atoms with E-state index < -0.39 is 0 Å². The predicted octanol–water partition coefficient (Wildman–Crippen LogP) is 1.68. The number of carbonyl (C=O) groups excluding carboxylic acids is 2. The molecule has 156 valence electrons. The van der Waals surface area contributed by atoms with Gasteiger partial charge in [0.25, 0.3) is 0 Å². The lowest BCUT2D eigenvalue weighted by Gasteiger charge is -2.34. The maximum atomic E-state index is 12.5. The van der Waals surface area contributed by atoms with Gasteiger partial charge >= 0.3 is 0 Å². The number of piperazine rings is 1. The fourth-order valence-corrected chi connectivity index (χ4v) is 3.30. The van der Waals surface area contributed by atoms with Gasteiger partial charge in [-0.15, -0.1) is 0 Å². The number of aromatic nitrogens is 2. The Morgan fingerprint density at radius 1 is 1.14 bits per heavy atom. The molecule has 0 bridgehead atoms. The molecule has 0 atom stereocenters. The molecular formula is C21H29N5O3. The van der Waals surface area contributed by atoms with Gasteiger partial charge in [0, 0.05) is 51.6 Å². The molecule has 1 aliphatic heterocycles. The number of benzene rings is 1. The van der Waals surface area contributed by atoms with Crippen molar-refractivity contribution in [3.8, 4) is 11.4 Å². The molecule has 8 nitrogen and oxygen atoms in total. The molecule has 2 heterocycles. The molecule has 0 radical (unpaired) electrons. The molecule has 0 saturated carbocycles. The maximum absolute atomic E-state index is 12.5. The Morgan fingerprint density at radius 2 is 1.83 bits per heavy atom. The summed E-state index contributed by atoms with van der Waals surface area (Å²) in [6.07, 6.45) is 0.762. The van der Waals surface area contributed by atoms with Crippen molar-refractivity contribution < 1.29 is 14.1 Å². The van der Waals surface area contributed by atoms with E-state index in [-0.39, 0.29) is 11.8 Å². The third-order valence-corrected chi connectivity index (χ3v) is 5.23. The zero-order chi connectivity index (χ0) is 20.8. The first-order valence-electron chi connectivity index (χ1n) is 10.1. The Bertz CT molecular complexity index is 823. The second kappa shape index (κ2) is 9.65. The molecule has 2 aromatic rings.